The molecule has 3 aromatic rings. The highest BCUT2D eigenvalue weighted by atomic mass is 35.5. The molecule has 0 amide bonds. The summed E-state index contributed by atoms with van der Waals surface area (Å²) in [6, 6.07) is 8.06. The molecule has 0 spiro atoms. The molecule has 7 nitrogen and oxygen atoms in total. The Morgan fingerprint density at radius 2 is 1.74 bits per heavy atom. The Hall–Kier alpha value is -3.46. The fourth-order valence-electron chi connectivity index (χ4n) is 4.28. The Kier molecular flexibility index (Phi) is 5.95. The van der Waals surface area contributed by atoms with Gasteiger partial charge < -0.3 is 14.4 Å². The molecule has 1 saturated heterocycles. The fourth-order valence-corrected chi connectivity index (χ4v) is 4.53. The first kappa shape index (κ1) is 22.3. The predicted molar refractivity (Wildman–Crippen MR) is 121 cm³/mol. The van der Waals surface area contributed by atoms with E-state index >= 15 is 0 Å². The highest BCUT2D eigenvalue weighted by molar-refractivity contribution is 6.33. The SMILES string of the molecule is O=C(c1ccc2c(c1)OCCO2)C1CCN(c2cnn(-c3ccc(F)cc3F)c(=O)c2Cl)CC1. The lowest BCUT2D eigenvalue weighted by atomic mass is 9.88. The van der Waals surface area contributed by atoms with Crippen molar-refractivity contribution in [3.8, 4) is 17.2 Å². The average molecular weight is 488 g/mol. The maximum atomic E-state index is 14.1. The number of halogens is 3. The van der Waals surface area contributed by atoms with Gasteiger partial charge in [0.2, 0.25) is 0 Å². The predicted octanol–water partition coefficient (Wildman–Crippen LogP) is 4.03. The molecular weight excluding hydrogens is 468 g/mol. The third kappa shape index (κ3) is 4.11. The summed E-state index contributed by atoms with van der Waals surface area (Å²) in [4.78, 5) is 27.7. The van der Waals surface area contributed by atoms with Gasteiger partial charge in [0.25, 0.3) is 5.56 Å². The molecule has 0 atom stereocenters. The van der Waals surface area contributed by atoms with E-state index in [-0.39, 0.29) is 22.4 Å². The lowest BCUT2D eigenvalue weighted by molar-refractivity contribution is 0.0899. The molecule has 2 aliphatic rings. The van der Waals surface area contributed by atoms with Crippen molar-refractivity contribution >= 4 is 23.1 Å². The monoisotopic (exact) mass is 487 g/mol. The summed E-state index contributed by atoms with van der Waals surface area (Å²) < 4.78 is 39.2. The highest BCUT2D eigenvalue weighted by Gasteiger charge is 2.29. The first-order valence-electron chi connectivity index (χ1n) is 10.8. The Balaban J connectivity index is 1.30. The van der Waals surface area contributed by atoms with Gasteiger partial charge in [-0.3, -0.25) is 9.59 Å². The first-order chi connectivity index (χ1) is 16.4. The van der Waals surface area contributed by atoms with Crippen LogP contribution in [0.4, 0.5) is 14.5 Å². The number of hydrogen-bond acceptors (Lipinski definition) is 6. The molecule has 1 fully saturated rings. The lowest BCUT2D eigenvalue weighted by Gasteiger charge is -2.33. The summed E-state index contributed by atoms with van der Waals surface area (Å²) in [7, 11) is 0. The number of ketones is 1. The Morgan fingerprint density at radius 1 is 1.00 bits per heavy atom. The quantitative estimate of drug-likeness (QED) is 0.517. The number of piperidine rings is 1. The van der Waals surface area contributed by atoms with Gasteiger partial charge in [0.1, 0.15) is 29.7 Å². The third-order valence-electron chi connectivity index (χ3n) is 6.07. The fraction of sp³-hybridized carbons (Fsp3) is 0.292. The molecule has 3 heterocycles. The number of Topliss-reactive ketones (excluding diaryl/α,β-unsaturated/α-hetero) is 1. The van der Waals surface area contributed by atoms with Gasteiger partial charge >= 0.3 is 0 Å². The number of anilines is 1. The molecule has 1 aromatic heterocycles. The zero-order valence-electron chi connectivity index (χ0n) is 18.0. The summed E-state index contributed by atoms with van der Waals surface area (Å²) in [5.41, 5.74) is 0.0877. The molecule has 34 heavy (non-hydrogen) atoms. The van der Waals surface area contributed by atoms with Gasteiger partial charge in [0, 0.05) is 30.6 Å². The van der Waals surface area contributed by atoms with Crippen LogP contribution in [0.15, 0.2) is 47.4 Å². The first-order valence-corrected chi connectivity index (χ1v) is 11.2. The molecule has 2 aromatic carbocycles. The third-order valence-corrected chi connectivity index (χ3v) is 6.43. The molecule has 0 bridgehead atoms. The standard InChI is InChI=1S/C24H20ClF2N3O4/c25-22-19(13-28-30(24(22)32)18-3-2-16(26)12-17(18)27)29-7-5-14(6-8-29)23(31)15-1-4-20-21(11-15)34-10-9-33-20/h1-4,11-14H,5-10H2. The van der Waals surface area contributed by atoms with Crippen LogP contribution in [-0.2, 0) is 0 Å². The van der Waals surface area contributed by atoms with Crippen LogP contribution in [0, 0.1) is 17.6 Å². The van der Waals surface area contributed by atoms with Gasteiger partial charge in [-0.1, -0.05) is 11.6 Å². The molecule has 0 aliphatic carbocycles. The second-order valence-corrected chi connectivity index (χ2v) is 8.52. The van der Waals surface area contributed by atoms with E-state index in [1.807, 2.05) is 4.90 Å². The number of carbonyl (C=O) groups is 1. The van der Waals surface area contributed by atoms with Gasteiger partial charge in [-0.2, -0.15) is 9.78 Å². The zero-order valence-corrected chi connectivity index (χ0v) is 18.7. The second-order valence-electron chi connectivity index (χ2n) is 8.14. The van der Waals surface area contributed by atoms with Crippen molar-refractivity contribution in [2.45, 2.75) is 12.8 Å². The van der Waals surface area contributed by atoms with E-state index in [1.54, 1.807) is 18.2 Å². The summed E-state index contributed by atoms with van der Waals surface area (Å²) >= 11 is 6.32. The van der Waals surface area contributed by atoms with E-state index in [1.165, 1.54) is 6.20 Å². The average Bonchev–Trinajstić information content (AvgIpc) is 2.85. The topological polar surface area (TPSA) is 73.7 Å². The van der Waals surface area contributed by atoms with E-state index in [4.69, 9.17) is 21.1 Å². The molecule has 0 radical (unpaired) electrons. The minimum Gasteiger partial charge on any atom is -0.486 e. The summed E-state index contributed by atoms with van der Waals surface area (Å²) in [5, 5.41) is 3.93. The maximum Gasteiger partial charge on any atom is 0.292 e. The van der Waals surface area contributed by atoms with Crippen LogP contribution in [0.1, 0.15) is 23.2 Å². The van der Waals surface area contributed by atoms with Crippen molar-refractivity contribution in [3.05, 3.63) is 75.2 Å². The van der Waals surface area contributed by atoms with Gasteiger partial charge in [-0.15, -0.1) is 0 Å². The largest absolute Gasteiger partial charge is 0.486 e. The maximum absolute atomic E-state index is 14.1. The summed E-state index contributed by atoms with van der Waals surface area (Å²) in [6.45, 7) is 1.93. The van der Waals surface area contributed by atoms with Crippen molar-refractivity contribution in [1.29, 1.82) is 0 Å². The molecule has 0 unspecified atom stereocenters. The minimum absolute atomic E-state index is 0.0306. The normalized spacial score (nSPS) is 15.9. The number of benzene rings is 2. The van der Waals surface area contributed by atoms with Crippen molar-refractivity contribution < 1.29 is 23.0 Å². The van der Waals surface area contributed by atoms with Crippen LogP contribution in [0.5, 0.6) is 11.5 Å². The minimum atomic E-state index is -0.920. The molecule has 176 valence electrons. The zero-order chi connectivity index (χ0) is 23.8. The Morgan fingerprint density at radius 3 is 2.47 bits per heavy atom. The van der Waals surface area contributed by atoms with E-state index < -0.39 is 17.2 Å². The molecule has 0 N–H and O–H groups in total. The summed E-state index contributed by atoms with van der Waals surface area (Å²) in [6.07, 6.45) is 2.52. The van der Waals surface area contributed by atoms with Crippen LogP contribution in [0.3, 0.4) is 0 Å². The number of hydrogen-bond donors (Lipinski definition) is 0. The van der Waals surface area contributed by atoms with Gasteiger partial charge in [-0.25, -0.2) is 8.78 Å². The van der Waals surface area contributed by atoms with Crippen LogP contribution in [-0.4, -0.2) is 41.9 Å². The number of nitrogens with zero attached hydrogens (tertiary/aromatic N) is 3. The number of aromatic nitrogens is 2. The van der Waals surface area contributed by atoms with Crippen LogP contribution < -0.4 is 19.9 Å². The van der Waals surface area contributed by atoms with Crippen molar-refractivity contribution in [2.75, 3.05) is 31.2 Å². The number of fused-ring (bicyclic) bond motifs is 1. The van der Waals surface area contributed by atoms with Crippen molar-refractivity contribution in [1.82, 2.24) is 9.78 Å². The van der Waals surface area contributed by atoms with Gasteiger partial charge in [-0.05, 0) is 43.2 Å². The van der Waals surface area contributed by atoms with E-state index in [9.17, 15) is 18.4 Å². The molecule has 2 aliphatic heterocycles. The van der Waals surface area contributed by atoms with Crippen LogP contribution in [0.2, 0.25) is 5.02 Å². The molecular formula is C24H20ClF2N3O4. The highest BCUT2D eigenvalue weighted by Crippen LogP contribution is 2.33. The van der Waals surface area contributed by atoms with E-state index in [2.05, 4.69) is 5.10 Å². The van der Waals surface area contributed by atoms with Crippen LogP contribution >= 0.6 is 11.6 Å². The molecule has 0 saturated carbocycles. The summed E-state index contributed by atoms with van der Waals surface area (Å²) in [5.74, 6) is -0.620. The Bertz CT molecular complexity index is 1320. The van der Waals surface area contributed by atoms with E-state index in [0.717, 1.165) is 16.8 Å². The smallest absolute Gasteiger partial charge is 0.292 e. The van der Waals surface area contributed by atoms with Gasteiger partial charge in [0.05, 0.1) is 11.9 Å². The lowest BCUT2D eigenvalue weighted by Crippen LogP contribution is -2.38. The van der Waals surface area contributed by atoms with Crippen LogP contribution in [0.25, 0.3) is 5.69 Å². The molecule has 10 heteroatoms. The second kappa shape index (κ2) is 9.06. The number of carbonyl (C=O) groups excluding carboxylic acids is 1. The van der Waals surface area contributed by atoms with E-state index in [0.29, 0.717) is 68.0 Å². The van der Waals surface area contributed by atoms with Crippen molar-refractivity contribution in [3.63, 3.8) is 0 Å². The van der Waals surface area contributed by atoms with Crippen molar-refractivity contribution in [2.24, 2.45) is 5.92 Å². The van der Waals surface area contributed by atoms with Gasteiger partial charge in [0.15, 0.2) is 23.1 Å². The molecule has 5 rings (SSSR count). The number of rotatable bonds is 4. The number of ether oxygens (including phenoxy) is 2. The Labute approximate surface area is 198 Å².